The van der Waals surface area contributed by atoms with Crippen molar-refractivity contribution in [1.29, 1.82) is 0 Å². The SMILES string of the molecule is CCCNc1cc([N+](=O)[O-])cc(-c2cncc(C)c2)n1. The van der Waals surface area contributed by atoms with E-state index in [0.29, 0.717) is 11.5 Å². The van der Waals surface area contributed by atoms with Crippen molar-refractivity contribution in [3.63, 3.8) is 0 Å². The number of aryl methyl sites for hydroxylation is 1. The first kappa shape index (κ1) is 13.9. The van der Waals surface area contributed by atoms with Gasteiger partial charge in [-0.2, -0.15) is 0 Å². The normalized spacial score (nSPS) is 10.3. The Balaban J connectivity index is 2.46. The maximum Gasteiger partial charge on any atom is 0.275 e. The maximum absolute atomic E-state index is 11.0. The fraction of sp³-hybridized carbons (Fsp3) is 0.286. The fourth-order valence-corrected chi connectivity index (χ4v) is 1.81. The lowest BCUT2D eigenvalue weighted by molar-refractivity contribution is -0.384. The minimum absolute atomic E-state index is 0.0232. The maximum atomic E-state index is 11.0. The zero-order valence-electron chi connectivity index (χ0n) is 11.5. The predicted octanol–water partition coefficient (Wildman–Crippen LogP) is 3.18. The molecule has 0 bridgehead atoms. The highest BCUT2D eigenvalue weighted by Crippen LogP contribution is 2.25. The number of pyridine rings is 2. The van der Waals surface area contributed by atoms with Crippen molar-refractivity contribution in [1.82, 2.24) is 9.97 Å². The number of anilines is 1. The monoisotopic (exact) mass is 272 g/mol. The first-order valence-corrected chi connectivity index (χ1v) is 6.42. The molecule has 2 aromatic rings. The second-order valence-electron chi connectivity index (χ2n) is 4.53. The summed E-state index contributed by atoms with van der Waals surface area (Å²) in [5, 5.41) is 14.1. The molecule has 0 saturated carbocycles. The molecule has 0 fully saturated rings. The fourth-order valence-electron chi connectivity index (χ4n) is 1.81. The van der Waals surface area contributed by atoms with Crippen molar-refractivity contribution in [2.45, 2.75) is 20.3 Å². The molecule has 2 aromatic heterocycles. The van der Waals surface area contributed by atoms with Crippen LogP contribution in [0, 0.1) is 17.0 Å². The first-order chi connectivity index (χ1) is 9.60. The quantitative estimate of drug-likeness (QED) is 0.667. The van der Waals surface area contributed by atoms with Crippen LogP contribution >= 0.6 is 0 Å². The molecular formula is C14H16N4O2. The Morgan fingerprint density at radius 1 is 1.30 bits per heavy atom. The van der Waals surface area contributed by atoms with Crippen LogP contribution in [0.2, 0.25) is 0 Å². The molecule has 0 atom stereocenters. The Hall–Kier alpha value is -2.50. The lowest BCUT2D eigenvalue weighted by atomic mass is 10.1. The molecular weight excluding hydrogens is 256 g/mol. The molecule has 20 heavy (non-hydrogen) atoms. The Bertz CT molecular complexity index is 628. The molecule has 2 heterocycles. The minimum atomic E-state index is -0.411. The molecule has 0 aromatic carbocycles. The molecule has 6 nitrogen and oxygen atoms in total. The van der Waals surface area contributed by atoms with Crippen LogP contribution in [0.1, 0.15) is 18.9 Å². The second-order valence-corrected chi connectivity index (χ2v) is 4.53. The third kappa shape index (κ3) is 3.28. The minimum Gasteiger partial charge on any atom is -0.370 e. The van der Waals surface area contributed by atoms with Gasteiger partial charge in [0.1, 0.15) is 5.82 Å². The van der Waals surface area contributed by atoms with Crippen molar-refractivity contribution in [2.75, 3.05) is 11.9 Å². The highest BCUT2D eigenvalue weighted by Gasteiger charge is 2.12. The topological polar surface area (TPSA) is 81.0 Å². The van der Waals surface area contributed by atoms with E-state index in [4.69, 9.17) is 0 Å². The summed E-state index contributed by atoms with van der Waals surface area (Å²) in [5.74, 6) is 0.512. The largest absolute Gasteiger partial charge is 0.370 e. The molecule has 2 rings (SSSR count). The molecule has 0 saturated heterocycles. The van der Waals surface area contributed by atoms with Crippen LogP contribution < -0.4 is 5.32 Å². The average molecular weight is 272 g/mol. The highest BCUT2D eigenvalue weighted by atomic mass is 16.6. The summed E-state index contributed by atoms with van der Waals surface area (Å²) in [6.45, 7) is 4.67. The van der Waals surface area contributed by atoms with Crippen LogP contribution in [-0.2, 0) is 0 Å². The van der Waals surface area contributed by atoms with Crippen LogP contribution in [0.4, 0.5) is 11.5 Å². The zero-order chi connectivity index (χ0) is 14.5. The number of hydrogen-bond acceptors (Lipinski definition) is 5. The van der Waals surface area contributed by atoms with Gasteiger partial charge in [-0.1, -0.05) is 6.92 Å². The van der Waals surface area contributed by atoms with Gasteiger partial charge >= 0.3 is 0 Å². The molecule has 0 spiro atoms. The van der Waals surface area contributed by atoms with Gasteiger partial charge in [0, 0.05) is 30.6 Å². The number of nitro groups is 1. The molecule has 0 radical (unpaired) electrons. The molecule has 104 valence electrons. The van der Waals surface area contributed by atoms with Crippen molar-refractivity contribution in [3.8, 4) is 11.3 Å². The van der Waals surface area contributed by atoms with E-state index in [-0.39, 0.29) is 5.69 Å². The molecule has 0 aliphatic carbocycles. The third-order valence-electron chi connectivity index (χ3n) is 2.75. The Kier molecular flexibility index (Phi) is 4.24. The molecule has 0 unspecified atom stereocenters. The lowest BCUT2D eigenvalue weighted by Crippen LogP contribution is -2.03. The van der Waals surface area contributed by atoms with E-state index in [1.54, 1.807) is 12.4 Å². The second kappa shape index (κ2) is 6.10. The zero-order valence-corrected chi connectivity index (χ0v) is 11.5. The van der Waals surface area contributed by atoms with E-state index in [1.807, 2.05) is 19.9 Å². The van der Waals surface area contributed by atoms with Crippen molar-refractivity contribution < 1.29 is 4.92 Å². The number of hydrogen-bond donors (Lipinski definition) is 1. The standard InChI is InChI=1S/C14H16N4O2/c1-3-4-16-14-7-12(18(19)20)6-13(17-14)11-5-10(2)8-15-9-11/h5-9H,3-4H2,1-2H3,(H,16,17). The number of nitrogens with zero attached hydrogens (tertiary/aromatic N) is 3. The van der Waals surface area contributed by atoms with Crippen LogP contribution in [0.5, 0.6) is 0 Å². The van der Waals surface area contributed by atoms with Crippen molar-refractivity contribution >= 4 is 11.5 Å². The van der Waals surface area contributed by atoms with Gasteiger partial charge in [0.25, 0.3) is 5.69 Å². The Labute approximate surface area is 117 Å². The van der Waals surface area contributed by atoms with Crippen LogP contribution in [0.25, 0.3) is 11.3 Å². The summed E-state index contributed by atoms with van der Waals surface area (Å²) < 4.78 is 0. The van der Waals surface area contributed by atoms with Gasteiger partial charge in [-0.25, -0.2) is 4.98 Å². The summed E-state index contributed by atoms with van der Waals surface area (Å²) in [7, 11) is 0. The van der Waals surface area contributed by atoms with Crippen LogP contribution in [-0.4, -0.2) is 21.4 Å². The van der Waals surface area contributed by atoms with Crippen LogP contribution in [0.3, 0.4) is 0 Å². The average Bonchev–Trinajstić information content (AvgIpc) is 2.44. The van der Waals surface area contributed by atoms with Gasteiger partial charge in [0.05, 0.1) is 16.7 Å². The molecule has 0 aliphatic heterocycles. The lowest BCUT2D eigenvalue weighted by Gasteiger charge is -2.07. The smallest absolute Gasteiger partial charge is 0.275 e. The van der Waals surface area contributed by atoms with Gasteiger partial charge < -0.3 is 5.32 Å². The van der Waals surface area contributed by atoms with Crippen molar-refractivity contribution in [2.24, 2.45) is 0 Å². The number of rotatable bonds is 5. The van der Waals surface area contributed by atoms with E-state index in [9.17, 15) is 10.1 Å². The molecule has 1 N–H and O–H groups in total. The van der Waals surface area contributed by atoms with E-state index in [0.717, 1.165) is 24.1 Å². The predicted molar refractivity (Wildman–Crippen MR) is 77.6 cm³/mol. The number of nitrogens with one attached hydrogen (secondary N) is 1. The first-order valence-electron chi connectivity index (χ1n) is 6.42. The summed E-state index contributed by atoms with van der Waals surface area (Å²) in [6.07, 6.45) is 4.31. The summed E-state index contributed by atoms with van der Waals surface area (Å²) >= 11 is 0. The number of aromatic nitrogens is 2. The van der Waals surface area contributed by atoms with E-state index in [1.165, 1.54) is 12.1 Å². The Morgan fingerprint density at radius 2 is 2.10 bits per heavy atom. The van der Waals surface area contributed by atoms with Gasteiger partial charge in [0.2, 0.25) is 0 Å². The Morgan fingerprint density at radius 3 is 2.75 bits per heavy atom. The van der Waals surface area contributed by atoms with Gasteiger partial charge in [-0.05, 0) is 25.0 Å². The van der Waals surface area contributed by atoms with Gasteiger partial charge in [-0.3, -0.25) is 15.1 Å². The van der Waals surface area contributed by atoms with E-state index in [2.05, 4.69) is 15.3 Å². The highest BCUT2D eigenvalue weighted by molar-refractivity contribution is 5.65. The molecule has 0 aliphatic rings. The summed E-state index contributed by atoms with van der Waals surface area (Å²) in [4.78, 5) is 19.1. The summed E-state index contributed by atoms with van der Waals surface area (Å²) in [5.41, 5.74) is 2.33. The van der Waals surface area contributed by atoms with Gasteiger partial charge in [0.15, 0.2) is 0 Å². The third-order valence-corrected chi connectivity index (χ3v) is 2.75. The van der Waals surface area contributed by atoms with E-state index >= 15 is 0 Å². The summed E-state index contributed by atoms with van der Waals surface area (Å²) in [6, 6.07) is 4.82. The molecule has 0 amide bonds. The van der Waals surface area contributed by atoms with Gasteiger partial charge in [-0.15, -0.1) is 0 Å². The van der Waals surface area contributed by atoms with E-state index < -0.39 is 4.92 Å². The van der Waals surface area contributed by atoms with Crippen LogP contribution in [0.15, 0.2) is 30.6 Å². The molecule has 6 heteroatoms. The van der Waals surface area contributed by atoms with Crippen molar-refractivity contribution in [3.05, 3.63) is 46.3 Å².